The number of carbonyl (C=O) groups is 2. The molecule has 2 fully saturated rings. The van der Waals surface area contributed by atoms with Crippen LogP contribution in [0, 0.1) is 5.92 Å². The van der Waals surface area contributed by atoms with Crippen LogP contribution in [0.4, 0.5) is 0 Å². The number of rotatable bonds is 7. The van der Waals surface area contributed by atoms with E-state index >= 15 is 0 Å². The van der Waals surface area contributed by atoms with Crippen LogP contribution in [-0.4, -0.2) is 55.7 Å². The Balaban J connectivity index is 1.20. The highest BCUT2D eigenvalue weighted by atomic mass is 16.5. The van der Waals surface area contributed by atoms with Crippen molar-refractivity contribution in [3.8, 4) is 5.75 Å². The van der Waals surface area contributed by atoms with Gasteiger partial charge in [0, 0.05) is 44.6 Å². The summed E-state index contributed by atoms with van der Waals surface area (Å²) in [5, 5.41) is 2.96. The molecule has 0 radical (unpaired) electrons. The predicted molar refractivity (Wildman–Crippen MR) is 118 cm³/mol. The molecule has 2 saturated heterocycles. The Morgan fingerprint density at radius 2 is 1.74 bits per heavy atom. The van der Waals surface area contributed by atoms with E-state index in [1.807, 2.05) is 35.2 Å². The second-order valence-corrected chi connectivity index (χ2v) is 8.22. The SMILES string of the molecule is O=C(NCCc1ccccc1)c1ccc(OC2CCN(C(=O)C3CCOC3)CC2)cc1. The molecular formula is C25H30N2O4. The largest absolute Gasteiger partial charge is 0.490 e. The molecule has 0 saturated carbocycles. The molecule has 2 aromatic rings. The summed E-state index contributed by atoms with van der Waals surface area (Å²) in [5.41, 5.74) is 1.83. The predicted octanol–water partition coefficient (Wildman–Crippen LogP) is 3.07. The van der Waals surface area contributed by atoms with Gasteiger partial charge in [-0.2, -0.15) is 0 Å². The van der Waals surface area contributed by atoms with Crippen molar-refractivity contribution in [2.75, 3.05) is 32.8 Å². The summed E-state index contributed by atoms with van der Waals surface area (Å²) in [6, 6.07) is 17.4. The average Bonchev–Trinajstić information content (AvgIpc) is 3.35. The van der Waals surface area contributed by atoms with E-state index in [4.69, 9.17) is 9.47 Å². The number of nitrogens with one attached hydrogen (secondary N) is 1. The van der Waals surface area contributed by atoms with Gasteiger partial charge in [0.05, 0.1) is 12.5 Å². The number of hydrogen-bond acceptors (Lipinski definition) is 4. The number of nitrogens with zero attached hydrogens (tertiary/aromatic N) is 1. The maximum atomic E-state index is 12.5. The summed E-state index contributed by atoms with van der Waals surface area (Å²) in [6.45, 7) is 3.30. The zero-order valence-electron chi connectivity index (χ0n) is 17.8. The van der Waals surface area contributed by atoms with Gasteiger partial charge in [0.25, 0.3) is 5.91 Å². The average molecular weight is 423 g/mol. The fourth-order valence-electron chi connectivity index (χ4n) is 4.13. The van der Waals surface area contributed by atoms with E-state index in [2.05, 4.69) is 17.4 Å². The van der Waals surface area contributed by atoms with Crippen LogP contribution in [0.5, 0.6) is 5.75 Å². The number of carbonyl (C=O) groups excluding carboxylic acids is 2. The second kappa shape index (κ2) is 10.4. The van der Waals surface area contributed by atoms with Crippen molar-refractivity contribution >= 4 is 11.8 Å². The molecular weight excluding hydrogens is 392 g/mol. The standard InChI is InChI=1S/C25H30N2O4/c28-24(26-14-10-19-4-2-1-3-5-19)20-6-8-22(9-7-20)31-23-11-15-27(16-12-23)25(29)21-13-17-30-18-21/h1-9,21,23H,10-18H2,(H,26,28). The summed E-state index contributed by atoms with van der Waals surface area (Å²) >= 11 is 0. The van der Waals surface area contributed by atoms with Crippen LogP contribution in [0.3, 0.4) is 0 Å². The summed E-state index contributed by atoms with van der Waals surface area (Å²) in [5.74, 6) is 0.933. The van der Waals surface area contributed by atoms with Gasteiger partial charge in [-0.3, -0.25) is 9.59 Å². The highest BCUT2D eigenvalue weighted by Gasteiger charge is 2.31. The molecule has 6 heteroatoms. The van der Waals surface area contributed by atoms with Crippen LogP contribution >= 0.6 is 0 Å². The molecule has 0 aliphatic carbocycles. The van der Waals surface area contributed by atoms with Crippen LogP contribution in [-0.2, 0) is 16.0 Å². The van der Waals surface area contributed by atoms with Gasteiger partial charge in [0.15, 0.2) is 0 Å². The molecule has 0 aromatic heterocycles. The molecule has 1 atom stereocenters. The summed E-state index contributed by atoms with van der Waals surface area (Å²) < 4.78 is 11.4. The summed E-state index contributed by atoms with van der Waals surface area (Å²) in [4.78, 5) is 26.8. The van der Waals surface area contributed by atoms with E-state index in [1.165, 1.54) is 5.56 Å². The van der Waals surface area contributed by atoms with Gasteiger partial charge in [-0.15, -0.1) is 0 Å². The molecule has 1 N–H and O–H groups in total. The van der Waals surface area contributed by atoms with Crippen molar-refractivity contribution in [1.29, 1.82) is 0 Å². The summed E-state index contributed by atoms with van der Waals surface area (Å²) in [7, 11) is 0. The first-order valence-corrected chi connectivity index (χ1v) is 11.1. The fourth-order valence-corrected chi connectivity index (χ4v) is 4.13. The molecule has 2 aliphatic rings. The molecule has 2 heterocycles. The number of likely N-dealkylation sites (tertiary alicyclic amines) is 1. The smallest absolute Gasteiger partial charge is 0.251 e. The van der Waals surface area contributed by atoms with Gasteiger partial charge in [-0.05, 0) is 42.7 Å². The lowest BCUT2D eigenvalue weighted by atomic mass is 10.0. The van der Waals surface area contributed by atoms with E-state index in [1.54, 1.807) is 12.1 Å². The highest BCUT2D eigenvalue weighted by Crippen LogP contribution is 2.22. The molecule has 0 spiro atoms. The number of ether oxygens (including phenoxy) is 2. The van der Waals surface area contributed by atoms with Gasteiger partial charge in [-0.25, -0.2) is 0 Å². The lowest BCUT2D eigenvalue weighted by Gasteiger charge is -2.33. The Morgan fingerprint density at radius 1 is 1.00 bits per heavy atom. The first kappa shape index (κ1) is 21.4. The van der Waals surface area contributed by atoms with Crippen molar-refractivity contribution in [1.82, 2.24) is 10.2 Å². The molecule has 1 unspecified atom stereocenters. The van der Waals surface area contributed by atoms with Crippen LogP contribution in [0.1, 0.15) is 35.2 Å². The molecule has 6 nitrogen and oxygen atoms in total. The van der Waals surface area contributed by atoms with Crippen LogP contribution in [0.15, 0.2) is 54.6 Å². The topological polar surface area (TPSA) is 67.9 Å². The van der Waals surface area contributed by atoms with Gasteiger partial charge in [0.1, 0.15) is 11.9 Å². The molecule has 4 rings (SSSR count). The summed E-state index contributed by atoms with van der Waals surface area (Å²) in [6.07, 6.45) is 3.38. The zero-order chi connectivity index (χ0) is 21.5. The number of hydrogen-bond donors (Lipinski definition) is 1. The molecule has 2 amide bonds. The third kappa shape index (κ3) is 5.85. The van der Waals surface area contributed by atoms with E-state index in [0.29, 0.717) is 25.3 Å². The quantitative estimate of drug-likeness (QED) is 0.745. The first-order valence-electron chi connectivity index (χ1n) is 11.1. The van der Waals surface area contributed by atoms with Crippen molar-refractivity contribution in [2.45, 2.75) is 31.8 Å². The van der Waals surface area contributed by atoms with Gasteiger partial charge in [0.2, 0.25) is 5.91 Å². The monoisotopic (exact) mass is 422 g/mol. The zero-order valence-corrected chi connectivity index (χ0v) is 17.8. The van der Waals surface area contributed by atoms with Crippen LogP contribution in [0.2, 0.25) is 0 Å². The Bertz CT molecular complexity index is 855. The maximum absolute atomic E-state index is 12.5. The van der Waals surface area contributed by atoms with E-state index in [-0.39, 0.29) is 23.8 Å². The van der Waals surface area contributed by atoms with Crippen LogP contribution in [0.25, 0.3) is 0 Å². The van der Waals surface area contributed by atoms with E-state index in [0.717, 1.165) is 44.5 Å². The van der Waals surface area contributed by atoms with Crippen molar-refractivity contribution in [3.63, 3.8) is 0 Å². The lowest BCUT2D eigenvalue weighted by Crippen LogP contribution is -2.44. The van der Waals surface area contributed by atoms with Crippen LogP contribution < -0.4 is 10.1 Å². The Labute approximate surface area is 183 Å². The van der Waals surface area contributed by atoms with Gasteiger partial charge >= 0.3 is 0 Å². The van der Waals surface area contributed by atoms with Crippen molar-refractivity contribution in [3.05, 3.63) is 65.7 Å². The maximum Gasteiger partial charge on any atom is 0.251 e. The van der Waals surface area contributed by atoms with E-state index < -0.39 is 0 Å². The number of benzene rings is 2. The third-order valence-corrected chi connectivity index (χ3v) is 5.99. The molecule has 164 valence electrons. The Kier molecular flexibility index (Phi) is 7.20. The minimum Gasteiger partial charge on any atom is -0.490 e. The fraction of sp³-hybridized carbons (Fsp3) is 0.440. The van der Waals surface area contributed by atoms with Gasteiger partial charge < -0.3 is 19.7 Å². The number of amides is 2. The minimum absolute atomic E-state index is 0.0313. The molecule has 0 bridgehead atoms. The van der Waals surface area contributed by atoms with Crippen molar-refractivity contribution in [2.24, 2.45) is 5.92 Å². The lowest BCUT2D eigenvalue weighted by molar-refractivity contribution is -0.137. The minimum atomic E-state index is -0.0785. The van der Waals surface area contributed by atoms with E-state index in [9.17, 15) is 9.59 Å². The third-order valence-electron chi connectivity index (χ3n) is 5.99. The highest BCUT2D eigenvalue weighted by molar-refractivity contribution is 5.94. The van der Waals surface area contributed by atoms with Crippen molar-refractivity contribution < 1.29 is 19.1 Å². The molecule has 31 heavy (non-hydrogen) atoms. The molecule has 2 aliphatic heterocycles. The first-order chi connectivity index (χ1) is 15.2. The molecule has 2 aromatic carbocycles. The van der Waals surface area contributed by atoms with Gasteiger partial charge in [-0.1, -0.05) is 30.3 Å². The Morgan fingerprint density at radius 3 is 2.42 bits per heavy atom. The second-order valence-electron chi connectivity index (χ2n) is 8.22. The Hall–Kier alpha value is -2.86. The normalized spacial score (nSPS) is 19.2. The number of piperidine rings is 1.